The van der Waals surface area contributed by atoms with Crippen LogP contribution in [0.2, 0.25) is 5.02 Å². The van der Waals surface area contributed by atoms with Crippen molar-refractivity contribution in [2.45, 2.75) is 11.0 Å². The first-order chi connectivity index (χ1) is 12.6. The molecule has 0 aliphatic rings. The average Bonchev–Trinajstić information content (AvgIpc) is 2.67. The van der Waals surface area contributed by atoms with Crippen LogP contribution >= 0.6 is 23.4 Å². The molecule has 2 amide bonds. The predicted molar refractivity (Wildman–Crippen MR) is 104 cm³/mol. The maximum atomic E-state index is 12.3. The summed E-state index contributed by atoms with van der Waals surface area (Å²) in [6, 6.07) is 18.1. The van der Waals surface area contributed by atoms with Crippen LogP contribution in [0, 0.1) is 11.3 Å². The van der Waals surface area contributed by atoms with Crippen molar-refractivity contribution in [1.29, 1.82) is 5.26 Å². The minimum atomic E-state index is -0.535. The fraction of sp³-hybridized carbons (Fsp3) is 0.211. The van der Waals surface area contributed by atoms with Crippen molar-refractivity contribution in [3.63, 3.8) is 0 Å². The minimum absolute atomic E-state index is 0.0748. The number of nitrogens with zero attached hydrogens (tertiary/aromatic N) is 1. The van der Waals surface area contributed by atoms with E-state index in [-0.39, 0.29) is 24.9 Å². The normalized spacial score (nSPS) is 11.2. The highest BCUT2D eigenvalue weighted by Gasteiger charge is 2.20. The van der Waals surface area contributed by atoms with Gasteiger partial charge in [-0.2, -0.15) is 5.26 Å². The van der Waals surface area contributed by atoms with E-state index in [1.807, 2.05) is 30.3 Å². The van der Waals surface area contributed by atoms with Gasteiger partial charge < -0.3 is 10.6 Å². The Balaban J connectivity index is 1.99. The first-order valence-electron chi connectivity index (χ1n) is 7.94. The van der Waals surface area contributed by atoms with E-state index in [1.54, 1.807) is 30.3 Å². The lowest BCUT2D eigenvalue weighted by atomic mass is 10.2. The molecule has 2 aromatic carbocycles. The molecule has 2 N–H and O–H groups in total. The molecule has 7 heteroatoms. The van der Waals surface area contributed by atoms with Crippen molar-refractivity contribution in [3.8, 4) is 6.07 Å². The number of carbonyl (C=O) groups is 2. The second-order valence-electron chi connectivity index (χ2n) is 5.34. The van der Waals surface area contributed by atoms with E-state index in [9.17, 15) is 9.59 Å². The summed E-state index contributed by atoms with van der Waals surface area (Å²) in [5.74, 6) is -0.0232. The molecular formula is C19H18ClN3O2S. The van der Waals surface area contributed by atoms with Crippen LogP contribution in [0.15, 0.2) is 54.6 Å². The van der Waals surface area contributed by atoms with E-state index in [0.29, 0.717) is 16.3 Å². The summed E-state index contributed by atoms with van der Waals surface area (Å²) in [7, 11) is 0. The molecule has 0 aliphatic carbocycles. The van der Waals surface area contributed by atoms with Crippen LogP contribution in [0.1, 0.15) is 15.9 Å². The number of hydrogen-bond donors (Lipinski definition) is 2. The molecule has 0 radical (unpaired) electrons. The second kappa shape index (κ2) is 10.5. The Morgan fingerprint density at radius 1 is 1.08 bits per heavy atom. The number of thioether (sulfide) groups is 1. The van der Waals surface area contributed by atoms with E-state index in [0.717, 1.165) is 5.56 Å². The molecule has 2 aromatic rings. The molecule has 5 nitrogen and oxygen atoms in total. The van der Waals surface area contributed by atoms with Gasteiger partial charge in [-0.15, -0.1) is 11.8 Å². The Bertz CT molecular complexity index is 793. The number of nitriles is 1. The molecule has 0 bridgehead atoms. The molecule has 0 aromatic heterocycles. The zero-order valence-corrected chi connectivity index (χ0v) is 15.5. The minimum Gasteiger partial charge on any atom is -0.350 e. The molecule has 0 saturated carbocycles. The standard InChI is InChI=1S/C19H18ClN3O2S/c20-16-9-5-4-8-15(16)13-26-17(19(25)22-11-10-21)12-23-18(24)14-6-2-1-3-7-14/h1-9,17H,11-13H2,(H,22,25)(H,23,24). The average molecular weight is 388 g/mol. The predicted octanol–water partition coefficient (Wildman–Crippen LogP) is 3.01. The summed E-state index contributed by atoms with van der Waals surface area (Å²) in [6.07, 6.45) is 0. The lowest BCUT2D eigenvalue weighted by Crippen LogP contribution is -2.41. The summed E-state index contributed by atoms with van der Waals surface area (Å²) in [6.45, 7) is 0.0781. The highest BCUT2D eigenvalue weighted by atomic mass is 35.5. The molecule has 0 aliphatic heterocycles. The van der Waals surface area contributed by atoms with Crippen LogP contribution in [0.25, 0.3) is 0 Å². The molecule has 134 valence electrons. The number of carbonyl (C=O) groups excluding carboxylic acids is 2. The first-order valence-corrected chi connectivity index (χ1v) is 9.37. The van der Waals surface area contributed by atoms with Crippen molar-refractivity contribution < 1.29 is 9.59 Å². The summed E-state index contributed by atoms with van der Waals surface area (Å²) in [4.78, 5) is 24.5. The Hall–Kier alpha value is -2.49. The Morgan fingerprint density at radius 2 is 1.77 bits per heavy atom. The lowest BCUT2D eigenvalue weighted by molar-refractivity contribution is -0.120. The van der Waals surface area contributed by atoms with Gasteiger partial charge in [-0.3, -0.25) is 9.59 Å². The third-order valence-corrected chi connectivity index (χ3v) is 5.15. The van der Waals surface area contributed by atoms with Gasteiger partial charge in [0.1, 0.15) is 11.8 Å². The molecule has 1 unspecified atom stereocenters. The largest absolute Gasteiger partial charge is 0.350 e. The van der Waals surface area contributed by atoms with Gasteiger partial charge in [-0.1, -0.05) is 48.0 Å². The lowest BCUT2D eigenvalue weighted by Gasteiger charge is -2.17. The number of nitrogens with one attached hydrogen (secondary N) is 2. The van der Waals surface area contributed by atoms with Crippen LogP contribution in [0.3, 0.4) is 0 Å². The van der Waals surface area contributed by atoms with E-state index < -0.39 is 5.25 Å². The smallest absolute Gasteiger partial charge is 0.251 e. The summed E-state index contributed by atoms with van der Waals surface area (Å²) in [5, 5.41) is 14.1. The van der Waals surface area contributed by atoms with Crippen LogP contribution in [0.5, 0.6) is 0 Å². The van der Waals surface area contributed by atoms with Gasteiger partial charge in [0.05, 0.1) is 6.07 Å². The van der Waals surface area contributed by atoms with Gasteiger partial charge in [0.15, 0.2) is 0 Å². The maximum Gasteiger partial charge on any atom is 0.251 e. The van der Waals surface area contributed by atoms with Crippen molar-refractivity contribution >= 4 is 35.2 Å². The molecule has 1 atom stereocenters. The third-order valence-electron chi connectivity index (χ3n) is 3.52. The monoisotopic (exact) mass is 387 g/mol. The SMILES string of the molecule is N#CCNC(=O)C(CNC(=O)c1ccccc1)SCc1ccccc1Cl. The van der Waals surface area contributed by atoms with E-state index in [4.69, 9.17) is 16.9 Å². The molecule has 0 saturated heterocycles. The topological polar surface area (TPSA) is 82.0 Å². The quantitative estimate of drug-likeness (QED) is 0.682. The first kappa shape index (κ1) is 19.8. The van der Waals surface area contributed by atoms with E-state index in [2.05, 4.69) is 10.6 Å². The molecule has 0 spiro atoms. The Morgan fingerprint density at radius 3 is 2.46 bits per heavy atom. The van der Waals surface area contributed by atoms with Crippen LogP contribution in [0.4, 0.5) is 0 Å². The number of hydrogen-bond acceptors (Lipinski definition) is 4. The zero-order chi connectivity index (χ0) is 18.8. The molecule has 0 heterocycles. The van der Waals surface area contributed by atoms with Crippen molar-refractivity contribution in [3.05, 3.63) is 70.7 Å². The van der Waals surface area contributed by atoms with Crippen molar-refractivity contribution in [2.24, 2.45) is 0 Å². The summed E-state index contributed by atoms with van der Waals surface area (Å²) >= 11 is 7.52. The fourth-order valence-corrected chi connectivity index (χ4v) is 3.50. The summed E-state index contributed by atoms with van der Waals surface area (Å²) in [5.41, 5.74) is 1.44. The zero-order valence-electron chi connectivity index (χ0n) is 13.9. The van der Waals surface area contributed by atoms with Crippen LogP contribution < -0.4 is 10.6 Å². The molecule has 0 fully saturated rings. The number of halogens is 1. The number of rotatable bonds is 8. The Labute approximate surface area is 161 Å². The number of benzene rings is 2. The highest BCUT2D eigenvalue weighted by Crippen LogP contribution is 2.23. The van der Waals surface area contributed by atoms with Crippen LogP contribution in [-0.4, -0.2) is 30.2 Å². The molecular weight excluding hydrogens is 370 g/mol. The number of amides is 2. The van der Waals surface area contributed by atoms with Crippen LogP contribution in [-0.2, 0) is 10.5 Å². The van der Waals surface area contributed by atoms with Crippen molar-refractivity contribution in [1.82, 2.24) is 10.6 Å². The van der Waals surface area contributed by atoms with E-state index >= 15 is 0 Å². The van der Waals surface area contributed by atoms with Gasteiger partial charge in [0.25, 0.3) is 5.91 Å². The van der Waals surface area contributed by atoms with Gasteiger partial charge in [-0.25, -0.2) is 0 Å². The fourth-order valence-electron chi connectivity index (χ4n) is 2.15. The van der Waals surface area contributed by atoms with Gasteiger partial charge >= 0.3 is 0 Å². The highest BCUT2D eigenvalue weighted by molar-refractivity contribution is 7.99. The van der Waals surface area contributed by atoms with Crippen molar-refractivity contribution in [2.75, 3.05) is 13.1 Å². The van der Waals surface area contributed by atoms with Gasteiger partial charge in [0, 0.05) is 22.9 Å². The van der Waals surface area contributed by atoms with E-state index in [1.165, 1.54) is 11.8 Å². The maximum absolute atomic E-state index is 12.3. The Kier molecular flexibility index (Phi) is 8.00. The van der Waals surface area contributed by atoms with Gasteiger partial charge in [-0.05, 0) is 23.8 Å². The second-order valence-corrected chi connectivity index (χ2v) is 6.94. The molecule has 2 rings (SSSR count). The summed E-state index contributed by atoms with van der Waals surface area (Å²) < 4.78 is 0. The molecule has 26 heavy (non-hydrogen) atoms. The van der Waals surface area contributed by atoms with Gasteiger partial charge in [0.2, 0.25) is 5.91 Å². The third kappa shape index (κ3) is 6.10.